The summed E-state index contributed by atoms with van der Waals surface area (Å²) in [6.45, 7) is 5.66. The standard InChI is InChI=1S/C13H22N4O2/c1-5-8-17-11(14-7-6-9-15(2)3)10-12(18)16(4)13(17)19/h5,10,14H,1,6-9H2,2-4H3. The highest BCUT2D eigenvalue weighted by Crippen LogP contribution is 2.01. The van der Waals surface area contributed by atoms with Crippen LogP contribution in [0.25, 0.3) is 0 Å². The monoisotopic (exact) mass is 266 g/mol. The van der Waals surface area contributed by atoms with Gasteiger partial charge in [-0.15, -0.1) is 6.58 Å². The van der Waals surface area contributed by atoms with E-state index >= 15 is 0 Å². The van der Waals surface area contributed by atoms with Crippen molar-refractivity contribution in [2.45, 2.75) is 13.0 Å². The van der Waals surface area contributed by atoms with E-state index in [1.54, 1.807) is 6.08 Å². The molecule has 1 aromatic rings. The molecule has 0 saturated heterocycles. The van der Waals surface area contributed by atoms with Crippen molar-refractivity contribution in [3.05, 3.63) is 39.6 Å². The molecule has 0 saturated carbocycles. The fourth-order valence-corrected chi connectivity index (χ4v) is 1.73. The third-order valence-electron chi connectivity index (χ3n) is 2.80. The summed E-state index contributed by atoms with van der Waals surface area (Å²) in [6.07, 6.45) is 2.57. The minimum atomic E-state index is -0.331. The van der Waals surface area contributed by atoms with Crippen LogP contribution in [-0.2, 0) is 13.6 Å². The van der Waals surface area contributed by atoms with E-state index in [9.17, 15) is 9.59 Å². The first-order valence-corrected chi connectivity index (χ1v) is 6.27. The molecule has 0 unspecified atom stereocenters. The van der Waals surface area contributed by atoms with Gasteiger partial charge in [-0.3, -0.25) is 13.9 Å². The van der Waals surface area contributed by atoms with Crippen molar-refractivity contribution in [2.75, 3.05) is 32.5 Å². The molecule has 6 nitrogen and oxygen atoms in total. The van der Waals surface area contributed by atoms with Gasteiger partial charge in [-0.05, 0) is 27.1 Å². The molecular weight excluding hydrogens is 244 g/mol. The van der Waals surface area contributed by atoms with Crippen molar-refractivity contribution in [1.29, 1.82) is 0 Å². The van der Waals surface area contributed by atoms with Gasteiger partial charge >= 0.3 is 5.69 Å². The van der Waals surface area contributed by atoms with Gasteiger partial charge in [-0.1, -0.05) is 6.08 Å². The number of hydrogen-bond acceptors (Lipinski definition) is 4. The Morgan fingerprint density at radius 1 is 1.42 bits per heavy atom. The number of nitrogens with zero attached hydrogens (tertiary/aromatic N) is 3. The lowest BCUT2D eigenvalue weighted by Crippen LogP contribution is -2.38. The topological polar surface area (TPSA) is 59.3 Å². The van der Waals surface area contributed by atoms with Crippen molar-refractivity contribution in [1.82, 2.24) is 14.0 Å². The van der Waals surface area contributed by atoms with E-state index < -0.39 is 0 Å². The second-order valence-corrected chi connectivity index (χ2v) is 4.69. The molecule has 6 heteroatoms. The molecule has 0 amide bonds. The number of aromatic nitrogens is 2. The molecule has 0 bridgehead atoms. The average molecular weight is 266 g/mol. The molecule has 1 aromatic heterocycles. The van der Waals surface area contributed by atoms with Crippen LogP contribution in [0, 0.1) is 0 Å². The Hall–Kier alpha value is -1.82. The van der Waals surface area contributed by atoms with E-state index in [4.69, 9.17) is 0 Å². The summed E-state index contributed by atoms with van der Waals surface area (Å²) in [5, 5.41) is 3.14. The third-order valence-corrected chi connectivity index (χ3v) is 2.80. The van der Waals surface area contributed by atoms with Crippen molar-refractivity contribution in [2.24, 2.45) is 7.05 Å². The molecule has 0 spiro atoms. The summed E-state index contributed by atoms with van der Waals surface area (Å²) in [4.78, 5) is 25.7. The molecule has 0 aliphatic rings. The highest BCUT2D eigenvalue weighted by Gasteiger charge is 2.07. The summed E-state index contributed by atoms with van der Waals surface area (Å²) < 4.78 is 2.60. The Balaban J connectivity index is 2.90. The largest absolute Gasteiger partial charge is 0.371 e. The van der Waals surface area contributed by atoms with Gasteiger partial charge in [-0.2, -0.15) is 0 Å². The zero-order valence-corrected chi connectivity index (χ0v) is 11.8. The maximum absolute atomic E-state index is 12.0. The zero-order chi connectivity index (χ0) is 14.4. The molecule has 1 rings (SSSR count). The number of nitrogens with one attached hydrogen (secondary N) is 1. The SMILES string of the molecule is C=CCn1c(NCCCN(C)C)cc(=O)n(C)c1=O. The van der Waals surface area contributed by atoms with E-state index in [1.165, 1.54) is 17.7 Å². The molecule has 0 atom stereocenters. The molecule has 0 fully saturated rings. The van der Waals surface area contributed by atoms with Gasteiger partial charge < -0.3 is 10.2 Å². The fourth-order valence-electron chi connectivity index (χ4n) is 1.73. The maximum atomic E-state index is 12.0. The summed E-state index contributed by atoms with van der Waals surface area (Å²) in [5.74, 6) is 0.548. The third kappa shape index (κ3) is 4.10. The Morgan fingerprint density at radius 2 is 2.11 bits per heavy atom. The van der Waals surface area contributed by atoms with Gasteiger partial charge in [-0.25, -0.2) is 4.79 Å². The number of anilines is 1. The Kier molecular flexibility index (Phi) is 5.57. The van der Waals surface area contributed by atoms with Crippen LogP contribution in [0.15, 0.2) is 28.3 Å². The minimum Gasteiger partial charge on any atom is -0.371 e. The van der Waals surface area contributed by atoms with Gasteiger partial charge in [0.15, 0.2) is 0 Å². The molecule has 0 aromatic carbocycles. The van der Waals surface area contributed by atoms with Gasteiger partial charge in [0.25, 0.3) is 5.56 Å². The van der Waals surface area contributed by atoms with Crippen LogP contribution in [0.3, 0.4) is 0 Å². The summed E-state index contributed by atoms with van der Waals surface area (Å²) in [7, 11) is 5.48. The van der Waals surface area contributed by atoms with E-state index in [1.807, 2.05) is 14.1 Å². The first kappa shape index (κ1) is 15.2. The van der Waals surface area contributed by atoms with Crippen LogP contribution in [-0.4, -0.2) is 41.2 Å². The molecule has 0 aliphatic heterocycles. The van der Waals surface area contributed by atoms with E-state index in [0.717, 1.165) is 17.5 Å². The van der Waals surface area contributed by atoms with Crippen molar-refractivity contribution in [3.8, 4) is 0 Å². The van der Waals surface area contributed by atoms with E-state index in [-0.39, 0.29) is 11.2 Å². The van der Waals surface area contributed by atoms with Crippen LogP contribution in [0.5, 0.6) is 0 Å². The Morgan fingerprint density at radius 3 is 2.68 bits per heavy atom. The second-order valence-electron chi connectivity index (χ2n) is 4.69. The summed E-state index contributed by atoms with van der Waals surface area (Å²) in [5.41, 5.74) is -0.636. The lowest BCUT2D eigenvalue weighted by atomic mass is 10.4. The van der Waals surface area contributed by atoms with Crippen molar-refractivity contribution >= 4 is 5.82 Å². The van der Waals surface area contributed by atoms with Crippen LogP contribution in [0.2, 0.25) is 0 Å². The minimum absolute atomic E-state index is 0.305. The highest BCUT2D eigenvalue weighted by atomic mass is 16.2. The van der Waals surface area contributed by atoms with Gasteiger partial charge in [0.05, 0.1) is 0 Å². The lowest BCUT2D eigenvalue weighted by molar-refractivity contribution is 0.405. The van der Waals surface area contributed by atoms with Crippen LogP contribution >= 0.6 is 0 Å². The number of hydrogen-bond donors (Lipinski definition) is 1. The normalized spacial score (nSPS) is 10.7. The van der Waals surface area contributed by atoms with Gasteiger partial charge in [0, 0.05) is 26.2 Å². The maximum Gasteiger partial charge on any atom is 0.332 e. The molecular formula is C13H22N4O2. The van der Waals surface area contributed by atoms with Gasteiger partial charge in [0.1, 0.15) is 5.82 Å². The average Bonchev–Trinajstić information content (AvgIpc) is 2.36. The van der Waals surface area contributed by atoms with E-state index in [0.29, 0.717) is 18.9 Å². The molecule has 1 N–H and O–H groups in total. The van der Waals surface area contributed by atoms with Crippen LogP contribution in [0.1, 0.15) is 6.42 Å². The molecule has 106 valence electrons. The summed E-state index contributed by atoms with van der Waals surface area (Å²) in [6, 6.07) is 1.44. The Bertz CT molecular complexity index is 543. The second kappa shape index (κ2) is 6.94. The Labute approximate surface area is 113 Å². The van der Waals surface area contributed by atoms with Crippen LogP contribution in [0.4, 0.5) is 5.82 Å². The quantitative estimate of drug-likeness (QED) is 0.561. The van der Waals surface area contributed by atoms with Crippen molar-refractivity contribution < 1.29 is 0 Å². The number of rotatable bonds is 7. The van der Waals surface area contributed by atoms with Gasteiger partial charge in [0.2, 0.25) is 0 Å². The predicted molar refractivity (Wildman–Crippen MR) is 77.8 cm³/mol. The van der Waals surface area contributed by atoms with E-state index in [2.05, 4.69) is 16.8 Å². The fraction of sp³-hybridized carbons (Fsp3) is 0.538. The molecule has 0 aliphatic carbocycles. The zero-order valence-electron chi connectivity index (χ0n) is 11.8. The molecule has 19 heavy (non-hydrogen) atoms. The number of allylic oxidation sites excluding steroid dienone is 1. The first-order valence-electron chi connectivity index (χ1n) is 6.27. The van der Waals surface area contributed by atoms with Crippen LogP contribution < -0.4 is 16.6 Å². The van der Waals surface area contributed by atoms with Crippen molar-refractivity contribution in [3.63, 3.8) is 0 Å². The predicted octanol–water partition coefficient (Wildman–Crippen LogP) is 0.0966. The summed E-state index contributed by atoms with van der Waals surface area (Å²) >= 11 is 0. The smallest absolute Gasteiger partial charge is 0.332 e. The molecule has 1 heterocycles. The highest BCUT2D eigenvalue weighted by molar-refractivity contribution is 5.34. The lowest BCUT2D eigenvalue weighted by Gasteiger charge is -2.15. The molecule has 0 radical (unpaired) electrons. The first-order chi connectivity index (χ1) is 8.97.